The topological polar surface area (TPSA) is 17.3 Å². The fourth-order valence-corrected chi connectivity index (χ4v) is 0.984. The van der Waals surface area contributed by atoms with E-state index in [-0.39, 0.29) is 0 Å². The van der Waals surface area contributed by atoms with Crippen LogP contribution in [0.2, 0.25) is 5.02 Å². The molecule has 0 saturated heterocycles. The van der Waals surface area contributed by atoms with Crippen LogP contribution in [0.4, 0.5) is 0 Å². The first-order valence-corrected chi connectivity index (χ1v) is 3.24. The van der Waals surface area contributed by atoms with Gasteiger partial charge in [0, 0.05) is 23.5 Å². The lowest BCUT2D eigenvalue weighted by atomic mass is 10.5. The number of nitrogens with zero attached hydrogens (tertiary/aromatic N) is 2. The smallest absolute Gasteiger partial charge is 0.138 e. The van der Waals surface area contributed by atoms with E-state index >= 15 is 0 Å². The van der Waals surface area contributed by atoms with Crippen LogP contribution >= 0.6 is 11.6 Å². The average molecular weight is 152 g/mol. The van der Waals surface area contributed by atoms with Crippen LogP contribution in [0.5, 0.6) is 0 Å². The molecule has 0 fully saturated rings. The van der Waals surface area contributed by atoms with Crippen LogP contribution in [0, 0.1) is 6.20 Å². The Morgan fingerprint density at radius 2 is 2.50 bits per heavy atom. The van der Waals surface area contributed by atoms with E-state index in [1.807, 2.05) is 16.7 Å². The SMILES string of the molecule is Clc1ccn2c[c]nc2c1. The Balaban J connectivity index is 2.86. The summed E-state index contributed by atoms with van der Waals surface area (Å²) in [6.07, 6.45) is 6.32. The van der Waals surface area contributed by atoms with Gasteiger partial charge < -0.3 is 4.40 Å². The molecule has 2 rings (SSSR count). The number of hydrogen-bond donors (Lipinski definition) is 0. The third kappa shape index (κ3) is 0.772. The maximum absolute atomic E-state index is 5.71. The number of pyridine rings is 1. The van der Waals surface area contributed by atoms with Gasteiger partial charge in [0.15, 0.2) is 0 Å². The Hall–Kier alpha value is -1.02. The van der Waals surface area contributed by atoms with E-state index in [2.05, 4.69) is 11.2 Å². The molecule has 0 aliphatic rings. The molecule has 1 radical (unpaired) electrons. The first-order chi connectivity index (χ1) is 4.86. The van der Waals surface area contributed by atoms with Gasteiger partial charge >= 0.3 is 0 Å². The van der Waals surface area contributed by atoms with Gasteiger partial charge in [0.25, 0.3) is 0 Å². The fourth-order valence-electron chi connectivity index (χ4n) is 0.830. The van der Waals surface area contributed by atoms with E-state index in [0.29, 0.717) is 5.02 Å². The van der Waals surface area contributed by atoms with Crippen molar-refractivity contribution in [1.29, 1.82) is 0 Å². The highest BCUT2D eigenvalue weighted by Crippen LogP contribution is 2.09. The Morgan fingerprint density at radius 1 is 1.60 bits per heavy atom. The van der Waals surface area contributed by atoms with E-state index in [1.54, 1.807) is 12.3 Å². The second-order valence-corrected chi connectivity index (χ2v) is 2.42. The van der Waals surface area contributed by atoms with Gasteiger partial charge in [0.2, 0.25) is 0 Å². The number of hydrogen-bond acceptors (Lipinski definition) is 1. The second-order valence-electron chi connectivity index (χ2n) is 1.98. The van der Waals surface area contributed by atoms with Gasteiger partial charge in [0.1, 0.15) is 11.8 Å². The predicted octanol–water partition coefficient (Wildman–Crippen LogP) is 1.79. The molecular weight excluding hydrogens is 148 g/mol. The van der Waals surface area contributed by atoms with Gasteiger partial charge in [-0.25, -0.2) is 4.98 Å². The standard InChI is InChI=1S/C7H4ClN2/c8-6-1-3-10-4-2-9-7(10)5-6/h1,3-5H. The van der Waals surface area contributed by atoms with Crippen LogP contribution in [-0.4, -0.2) is 9.38 Å². The third-order valence-corrected chi connectivity index (χ3v) is 1.54. The molecule has 49 valence electrons. The summed E-state index contributed by atoms with van der Waals surface area (Å²) < 4.78 is 1.85. The summed E-state index contributed by atoms with van der Waals surface area (Å²) >= 11 is 5.71. The lowest BCUT2D eigenvalue weighted by Crippen LogP contribution is -1.79. The van der Waals surface area contributed by atoms with E-state index < -0.39 is 0 Å². The molecule has 0 unspecified atom stereocenters. The minimum Gasteiger partial charge on any atom is -0.306 e. The van der Waals surface area contributed by atoms with Gasteiger partial charge in [-0.15, -0.1) is 0 Å². The quantitative estimate of drug-likeness (QED) is 0.561. The molecule has 0 spiro atoms. The Kier molecular flexibility index (Phi) is 1.14. The van der Waals surface area contributed by atoms with E-state index in [0.717, 1.165) is 5.65 Å². The molecule has 2 heterocycles. The largest absolute Gasteiger partial charge is 0.306 e. The lowest BCUT2D eigenvalue weighted by molar-refractivity contribution is 1.19. The van der Waals surface area contributed by atoms with Gasteiger partial charge in [-0.1, -0.05) is 11.6 Å². The fraction of sp³-hybridized carbons (Fsp3) is 0. The maximum Gasteiger partial charge on any atom is 0.138 e. The molecule has 0 bridgehead atoms. The molecule has 0 amide bonds. The highest BCUT2D eigenvalue weighted by molar-refractivity contribution is 6.30. The molecule has 2 nitrogen and oxygen atoms in total. The maximum atomic E-state index is 5.71. The van der Waals surface area contributed by atoms with Crippen molar-refractivity contribution in [2.45, 2.75) is 0 Å². The molecule has 0 saturated carbocycles. The van der Waals surface area contributed by atoms with E-state index in [9.17, 15) is 0 Å². The number of fused-ring (bicyclic) bond motifs is 1. The number of aromatic nitrogens is 2. The van der Waals surface area contributed by atoms with Crippen molar-refractivity contribution < 1.29 is 0 Å². The number of imidazole rings is 1. The summed E-state index contributed by atoms with van der Waals surface area (Å²) in [6, 6.07) is 3.60. The number of rotatable bonds is 0. The first-order valence-electron chi connectivity index (χ1n) is 2.86. The van der Waals surface area contributed by atoms with Crippen LogP contribution in [0.1, 0.15) is 0 Å². The highest BCUT2D eigenvalue weighted by Gasteiger charge is 1.92. The normalized spacial score (nSPS) is 10.5. The highest BCUT2D eigenvalue weighted by atomic mass is 35.5. The lowest BCUT2D eigenvalue weighted by Gasteiger charge is -1.90. The summed E-state index contributed by atoms with van der Waals surface area (Å²) in [7, 11) is 0. The van der Waals surface area contributed by atoms with E-state index in [1.165, 1.54) is 0 Å². The average Bonchev–Trinajstić information content (AvgIpc) is 2.33. The molecule has 2 aromatic heterocycles. The van der Waals surface area contributed by atoms with Crippen molar-refractivity contribution in [2.24, 2.45) is 0 Å². The van der Waals surface area contributed by atoms with Gasteiger partial charge in [-0.2, -0.15) is 0 Å². The van der Waals surface area contributed by atoms with Crippen LogP contribution in [0.25, 0.3) is 5.65 Å². The molecule has 0 N–H and O–H groups in total. The monoisotopic (exact) mass is 151 g/mol. The Morgan fingerprint density at radius 3 is 3.40 bits per heavy atom. The summed E-state index contributed by atoms with van der Waals surface area (Å²) in [5, 5.41) is 0.701. The van der Waals surface area contributed by atoms with E-state index in [4.69, 9.17) is 11.6 Å². The van der Waals surface area contributed by atoms with Crippen molar-refractivity contribution in [1.82, 2.24) is 9.38 Å². The molecular formula is C7H4ClN2. The zero-order valence-electron chi connectivity index (χ0n) is 5.08. The Bertz CT molecular complexity index is 353. The molecule has 2 aromatic rings. The minimum absolute atomic E-state index is 0.701. The van der Waals surface area contributed by atoms with Gasteiger partial charge in [-0.05, 0) is 6.07 Å². The Labute approximate surface area is 63.1 Å². The van der Waals surface area contributed by atoms with Crippen molar-refractivity contribution in [2.75, 3.05) is 0 Å². The molecule has 0 aliphatic heterocycles. The molecule has 0 aromatic carbocycles. The summed E-state index contributed by atoms with van der Waals surface area (Å²) in [5.74, 6) is 0. The van der Waals surface area contributed by atoms with Crippen LogP contribution in [0.3, 0.4) is 0 Å². The molecule has 3 heteroatoms. The minimum atomic E-state index is 0.701. The van der Waals surface area contributed by atoms with Crippen LogP contribution in [-0.2, 0) is 0 Å². The van der Waals surface area contributed by atoms with Gasteiger partial charge in [0.05, 0.1) is 0 Å². The zero-order chi connectivity index (χ0) is 6.97. The molecule has 0 atom stereocenters. The second kappa shape index (κ2) is 1.99. The van der Waals surface area contributed by atoms with Crippen molar-refractivity contribution in [3.8, 4) is 0 Å². The molecule has 0 aliphatic carbocycles. The summed E-state index contributed by atoms with van der Waals surface area (Å²) in [5.41, 5.74) is 0.826. The van der Waals surface area contributed by atoms with Crippen LogP contribution < -0.4 is 0 Å². The summed E-state index contributed by atoms with van der Waals surface area (Å²) in [4.78, 5) is 3.93. The zero-order valence-corrected chi connectivity index (χ0v) is 5.84. The third-order valence-electron chi connectivity index (χ3n) is 1.30. The van der Waals surface area contributed by atoms with Gasteiger partial charge in [-0.3, -0.25) is 0 Å². The van der Waals surface area contributed by atoms with Crippen molar-refractivity contribution in [3.05, 3.63) is 35.7 Å². The first kappa shape index (κ1) is 5.74. The number of halogens is 1. The van der Waals surface area contributed by atoms with Crippen LogP contribution in [0.15, 0.2) is 24.5 Å². The van der Waals surface area contributed by atoms with Crippen molar-refractivity contribution >= 4 is 17.2 Å². The molecule has 10 heavy (non-hydrogen) atoms. The summed E-state index contributed by atoms with van der Waals surface area (Å²) in [6.45, 7) is 0. The predicted molar refractivity (Wildman–Crippen MR) is 39.0 cm³/mol. The van der Waals surface area contributed by atoms with Crippen molar-refractivity contribution in [3.63, 3.8) is 0 Å².